The number of Topliss-reactive ketones (excluding diaryl/α,β-unsaturated/α-hetero) is 1. The second-order valence-corrected chi connectivity index (χ2v) is 4.15. The van der Waals surface area contributed by atoms with Crippen LogP contribution < -0.4 is 0 Å². The third-order valence-electron chi connectivity index (χ3n) is 3.23. The van der Waals surface area contributed by atoms with Crippen molar-refractivity contribution in [2.45, 2.75) is 32.1 Å². The van der Waals surface area contributed by atoms with Crippen molar-refractivity contribution in [3.63, 3.8) is 0 Å². The van der Waals surface area contributed by atoms with Gasteiger partial charge in [-0.2, -0.15) is 0 Å². The van der Waals surface area contributed by atoms with E-state index in [1.54, 1.807) is 0 Å². The van der Waals surface area contributed by atoms with Crippen molar-refractivity contribution in [2.24, 2.45) is 11.3 Å². The van der Waals surface area contributed by atoms with E-state index in [0.29, 0.717) is 12.2 Å². The van der Waals surface area contributed by atoms with Gasteiger partial charge in [-0.1, -0.05) is 0 Å². The SMILES string of the molecule is O=C(O)CC12CCC(C1)C(=O)C2. The van der Waals surface area contributed by atoms with Crippen LogP contribution in [-0.4, -0.2) is 16.9 Å². The van der Waals surface area contributed by atoms with E-state index < -0.39 is 5.97 Å². The van der Waals surface area contributed by atoms with Crippen molar-refractivity contribution < 1.29 is 14.7 Å². The van der Waals surface area contributed by atoms with Crippen LogP contribution in [0.15, 0.2) is 0 Å². The molecule has 2 rings (SSSR count). The number of rotatable bonds is 2. The number of aliphatic carboxylic acids is 1. The minimum atomic E-state index is -0.759. The number of hydrogen-bond acceptors (Lipinski definition) is 2. The average molecular weight is 168 g/mol. The Bertz CT molecular complexity index is 246. The number of fused-ring (bicyclic) bond motifs is 2. The van der Waals surface area contributed by atoms with Crippen LogP contribution in [-0.2, 0) is 9.59 Å². The molecule has 12 heavy (non-hydrogen) atoms. The van der Waals surface area contributed by atoms with Gasteiger partial charge in [0.25, 0.3) is 0 Å². The third kappa shape index (κ3) is 1.04. The van der Waals surface area contributed by atoms with E-state index in [2.05, 4.69) is 0 Å². The summed E-state index contributed by atoms with van der Waals surface area (Å²) in [5, 5.41) is 8.66. The molecule has 2 aliphatic rings. The second kappa shape index (κ2) is 2.31. The Kier molecular flexibility index (Phi) is 1.50. The fraction of sp³-hybridized carbons (Fsp3) is 0.778. The van der Waals surface area contributed by atoms with E-state index >= 15 is 0 Å². The first kappa shape index (κ1) is 7.77. The molecule has 0 amide bonds. The largest absolute Gasteiger partial charge is 0.481 e. The van der Waals surface area contributed by atoms with Crippen molar-refractivity contribution in [1.29, 1.82) is 0 Å². The molecule has 2 fully saturated rings. The van der Waals surface area contributed by atoms with Gasteiger partial charge in [0.2, 0.25) is 0 Å². The minimum absolute atomic E-state index is 0.145. The Hall–Kier alpha value is -0.860. The van der Waals surface area contributed by atoms with E-state index in [1.807, 2.05) is 0 Å². The zero-order valence-electron chi connectivity index (χ0n) is 6.88. The molecule has 66 valence electrons. The zero-order chi connectivity index (χ0) is 8.77. The molecule has 1 N–H and O–H groups in total. The first-order chi connectivity index (χ1) is 5.61. The van der Waals surface area contributed by atoms with Gasteiger partial charge in [0, 0.05) is 12.3 Å². The number of carbonyl (C=O) groups excluding carboxylic acids is 1. The second-order valence-electron chi connectivity index (χ2n) is 4.15. The minimum Gasteiger partial charge on any atom is -0.481 e. The van der Waals surface area contributed by atoms with Gasteiger partial charge in [-0.25, -0.2) is 0 Å². The molecule has 0 saturated heterocycles. The van der Waals surface area contributed by atoms with Crippen LogP contribution in [0.25, 0.3) is 0 Å². The summed E-state index contributed by atoms with van der Waals surface area (Å²) in [7, 11) is 0. The number of carbonyl (C=O) groups is 2. The Morgan fingerprint density at radius 2 is 2.42 bits per heavy atom. The average Bonchev–Trinajstić information content (AvgIpc) is 2.41. The van der Waals surface area contributed by atoms with Crippen molar-refractivity contribution >= 4 is 11.8 Å². The molecule has 0 aromatic heterocycles. The fourth-order valence-electron chi connectivity index (χ4n) is 2.70. The number of hydrogen-bond donors (Lipinski definition) is 1. The highest BCUT2D eigenvalue weighted by atomic mass is 16.4. The van der Waals surface area contributed by atoms with Crippen molar-refractivity contribution in [1.82, 2.24) is 0 Å². The smallest absolute Gasteiger partial charge is 0.303 e. The van der Waals surface area contributed by atoms with Crippen LogP contribution in [0.2, 0.25) is 0 Å². The number of carboxylic acids is 1. The quantitative estimate of drug-likeness (QED) is 0.674. The van der Waals surface area contributed by atoms with Crippen molar-refractivity contribution in [3.8, 4) is 0 Å². The van der Waals surface area contributed by atoms with Crippen molar-refractivity contribution in [3.05, 3.63) is 0 Å². The summed E-state index contributed by atoms with van der Waals surface area (Å²) in [6.07, 6.45) is 3.40. The first-order valence-corrected chi connectivity index (χ1v) is 4.36. The Morgan fingerprint density at radius 1 is 1.67 bits per heavy atom. The maximum Gasteiger partial charge on any atom is 0.303 e. The molecular weight excluding hydrogens is 156 g/mol. The van der Waals surface area contributed by atoms with Crippen LogP contribution >= 0.6 is 0 Å². The van der Waals surface area contributed by atoms with Gasteiger partial charge in [-0.05, 0) is 24.7 Å². The lowest BCUT2D eigenvalue weighted by Crippen LogP contribution is -2.21. The lowest BCUT2D eigenvalue weighted by molar-refractivity contribution is -0.139. The highest BCUT2D eigenvalue weighted by Gasteiger charge is 2.50. The molecule has 0 heterocycles. The normalized spacial score (nSPS) is 39.0. The molecule has 2 unspecified atom stereocenters. The van der Waals surface area contributed by atoms with Crippen LogP contribution in [0, 0.1) is 11.3 Å². The van der Waals surface area contributed by atoms with Crippen LogP contribution in [0.5, 0.6) is 0 Å². The zero-order valence-corrected chi connectivity index (χ0v) is 6.88. The Labute approximate surface area is 70.8 Å². The molecule has 2 bridgehead atoms. The van der Waals surface area contributed by atoms with E-state index in [-0.39, 0.29) is 17.8 Å². The monoisotopic (exact) mass is 168 g/mol. The Balaban J connectivity index is 2.13. The molecule has 2 aliphatic carbocycles. The highest BCUT2D eigenvalue weighted by Crippen LogP contribution is 2.54. The molecule has 0 spiro atoms. The number of carboxylic acid groups (broad SMARTS) is 1. The van der Waals surface area contributed by atoms with Crippen LogP contribution in [0.4, 0.5) is 0 Å². The third-order valence-corrected chi connectivity index (χ3v) is 3.23. The maximum absolute atomic E-state index is 11.2. The van der Waals surface area contributed by atoms with Gasteiger partial charge in [-0.3, -0.25) is 9.59 Å². The molecule has 3 heteroatoms. The van der Waals surface area contributed by atoms with Crippen LogP contribution in [0.1, 0.15) is 32.1 Å². The summed E-state index contributed by atoms with van der Waals surface area (Å²) >= 11 is 0. The molecule has 0 radical (unpaired) electrons. The molecule has 2 saturated carbocycles. The van der Waals surface area contributed by atoms with Gasteiger partial charge in [0.1, 0.15) is 5.78 Å². The van der Waals surface area contributed by atoms with E-state index in [1.165, 1.54) is 0 Å². The summed E-state index contributed by atoms with van der Waals surface area (Å²) in [6.45, 7) is 0. The predicted molar refractivity (Wildman–Crippen MR) is 41.7 cm³/mol. The molecule has 0 aromatic carbocycles. The van der Waals surface area contributed by atoms with Crippen LogP contribution in [0.3, 0.4) is 0 Å². The van der Waals surface area contributed by atoms with Gasteiger partial charge < -0.3 is 5.11 Å². The van der Waals surface area contributed by atoms with E-state index in [0.717, 1.165) is 19.3 Å². The summed E-state index contributed by atoms with van der Waals surface area (Å²) < 4.78 is 0. The fourth-order valence-corrected chi connectivity index (χ4v) is 2.70. The summed E-state index contributed by atoms with van der Waals surface area (Å²) in [6, 6.07) is 0. The molecule has 0 aromatic rings. The predicted octanol–water partition coefficient (Wildman–Crippen LogP) is 1.22. The van der Waals surface area contributed by atoms with Gasteiger partial charge in [-0.15, -0.1) is 0 Å². The van der Waals surface area contributed by atoms with E-state index in [9.17, 15) is 9.59 Å². The molecule has 3 nitrogen and oxygen atoms in total. The lowest BCUT2D eigenvalue weighted by Gasteiger charge is -2.22. The molecular formula is C9H12O3. The summed E-state index contributed by atoms with van der Waals surface area (Å²) in [5.74, 6) is -0.266. The topological polar surface area (TPSA) is 54.4 Å². The van der Waals surface area contributed by atoms with Gasteiger partial charge >= 0.3 is 5.97 Å². The maximum atomic E-state index is 11.2. The summed E-state index contributed by atoms with van der Waals surface area (Å²) in [4.78, 5) is 21.8. The highest BCUT2D eigenvalue weighted by molar-refractivity contribution is 5.86. The first-order valence-electron chi connectivity index (χ1n) is 4.36. The van der Waals surface area contributed by atoms with Gasteiger partial charge in [0.15, 0.2) is 0 Å². The van der Waals surface area contributed by atoms with Gasteiger partial charge in [0.05, 0.1) is 6.42 Å². The summed E-state index contributed by atoms with van der Waals surface area (Å²) in [5.41, 5.74) is -0.145. The molecule has 2 atom stereocenters. The molecule has 0 aliphatic heterocycles. The van der Waals surface area contributed by atoms with E-state index in [4.69, 9.17) is 5.11 Å². The Morgan fingerprint density at radius 3 is 2.83 bits per heavy atom. The lowest BCUT2D eigenvalue weighted by atomic mass is 9.81. The number of ketones is 1. The van der Waals surface area contributed by atoms with Crippen molar-refractivity contribution in [2.75, 3.05) is 0 Å². The standard InChI is InChI=1S/C9H12O3/c10-7-4-9(5-8(11)12)2-1-6(7)3-9/h6H,1-5H2,(H,11,12).